The first kappa shape index (κ1) is 23.0. The van der Waals surface area contributed by atoms with Crippen LogP contribution in [0.15, 0.2) is 18.2 Å². The van der Waals surface area contributed by atoms with E-state index in [2.05, 4.69) is 34.4 Å². The highest BCUT2D eigenvalue weighted by molar-refractivity contribution is 6.03. The molecule has 7 heteroatoms. The van der Waals surface area contributed by atoms with Crippen LogP contribution in [0.25, 0.3) is 0 Å². The van der Waals surface area contributed by atoms with Crippen LogP contribution in [-0.2, 0) is 4.79 Å². The van der Waals surface area contributed by atoms with Gasteiger partial charge in [-0.25, -0.2) is 4.39 Å². The summed E-state index contributed by atoms with van der Waals surface area (Å²) in [7, 11) is 0. The highest BCUT2D eigenvalue weighted by Crippen LogP contribution is 2.44. The van der Waals surface area contributed by atoms with Gasteiger partial charge in [-0.1, -0.05) is 20.8 Å². The number of halogens is 1. The number of likely N-dealkylation sites (N-methyl/N-ethyl adjacent to an activating group) is 1. The highest BCUT2D eigenvalue weighted by atomic mass is 19.1. The van der Waals surface area contributed by atoms with Crippen molar-refractivity contribution in [2.24, 2.45) is 0 Å². The Labute approximate surface area is 183 Å². The summed E-state index contributed by atoms with van der Waals surface area (Å²) < 4.78 is 13.9. The van der Waals surface area contributed by atoms with Gasteiger partial charge in [0.15, 0.2) is 0 Å². The van der Waals surface area contributed by atoms with Gasteiger partial charge in [-0.2, -0.15) is 0 Å². The largest absolute Gasteiger partial charge is 0.361 e. The number of H-pyrrole nitrogens is 1. The SMILES string of the molecule is CCC(c1[nH]c(C)c(C(=O)NCCN(CC)CC)c1C)C1C(=O)Nc2ccc(F)cc21. The molecule has 2 unspecified atom stereocenters. The second kappa shape index (κ2) is 9.64. The second-order valence-electron chi connectivity index (χ2n) is 8.16. The molecule has 1 aliphatic heterocycles. The molecule has 0 radical (unpaired) electrons. The predicted molar refractivity (Wildman–Crippen MR) is 121 cm³/mol. The normalized spacial score (nSPS) is 16.4. The third kappa shape index (κ3) is 4.51. The van der Waals surface area contributed by atoms with E-state index in [-0.39, 0.29) is 23.5 Å². The summed E-state index contributed by atoms with van der Waals surface area (Å²) in [6.45, 7) is 13.3. The number of anilines is 1. The summed E-state index contributed by atoms with van der Waals surface area (Å²) >= 11 is 0. The third-order valence-corrected chi connectivity index (χ3v) is 6.41. The lowest BCUT2D eigenvalue weighted by atomic mass is 9.81. The lowest BCUT2D eigenvalue weighted by molar-refractivity contribution is -0.117. The molecule has 2 amide bonds. The van der Waals surface area contributed by atoms with Crippen molar-refractivity contribution >= 4 is 17.5 Å². The maximum Gasteiger partial charge on any atom is 0.253 e. The van der Waals surface area contributed by atoms with Crippen LogP contribution in [0.2, 0.25) is 0 Å². The number of nitrogens with one attached hydrogen (secondary N) is 3. The average molecular weight is 429 g/mol. The van der Waals surface area contributed by atoms with Crippen molar-refractivity contribution in [3.63, 3.8) is 0 Å². The van der Waals surface area contributed by atoms with E-state index in [9.17, 15) is 14.0 Å². The molecule has 3 N–H and O–H groups in total. The van der Waals surface area contributed by atoms with E-state index in [1.54, 1.807) is 6.07 Å². The molecule has 1 aromatic carbocycles. The van der Waals surface area contributed by atoms with Gasteiger partial charge in [0.1, 0.15) is 5.82 Å². The van der Waals surface area contributed by atoms with Gasteiger partial charge in [0.2, 0.25) is 5.91 Å². The fourth-order valence-corrected chi connectivity index (χ4v) is 4.70. The maximum absolute atomic E-state index is 13.9. The summed E-state index contributed by atoms with van der Waals surface area (Å²) in [5.74, 6) is -1.28. The van der Waals surface area contributed by atoms with Crippen LogP contribution in [0.5, 0.6) is 0 Å². The minimum Gasteiger partial charge on any atom is -0.361 e. The van der Waals surface area contributed by atoms with E-state index < -0.39 is 5.92 Å². The Hall–Kier alpha value is -2.67. The molecule has 168 valence electrons. The molecule has 31 heavy (non-hydrogen) atoms. The van der Waals surface area contributed by atoms with Gasteiger partial charge in [0.25, 0.3) is 5.91 Å². The number of carbonyl (C=O) groups excluding carboxylic acids is 2. The zero-order chi connectivity index (χ0) is 22.7. The van der Waals surface area contributed by atoms with Crippen molar-refractivity contribution in [1.29, 1.82) is 0 Å². The summed E-state index contributed by atoms with van der Waals surface area (Å²) in [5, 5.41) is 5.89. The Balaban J connectivity index is 1.86. The minimum atomic E-state index is -0.494. The van der Waals surface area contributed by atoms with Crippen LogP contribution in [0.1, 0.15) is 71.9 Å². The standard InChI is InChI=1S/C24H33FN4O2/c1-6-17(21-18-13-16(25)9-10-19(18)28-24(21)31)22-14(4)20(15(5)27-22)23(30)26-11-12-29(7-2)8-3/h9-10,13,17,21,27H,6-8,11-12H2,1-5H3,(H,26,30)(H,28,31). The zero-order valence-corrected chi connectivity index (χ0v) is 19.1. The van der Waals surface area contributed by atoms with Gasteiger partial charge in [0.05, 0.1) is 11.5 Å². The minimum absolute atomic E-state index is 0.109. The molecule has 0 saturated carbocycles. The van der Waals surface area contributed by atoms with Crippen LogP contribution in [0.4, 0.5) is 10.1 Å². The number of benzene rings is 1. The van der Waals surface area contributed by atoms with Crippen LogP contribution in [0.3, 0.4) is 0 Å². The Bertz CT molecular complexity index is 965. The number of aryl methyl sites for hydroxylation is 1. The van der Waals surface area contributed by atoms with Crippen LogP contribution in [0, 0.1) is 19.7 Å². The Morgan fingerprint density at radius 2 is 1.94 bits per heavy atom. The second-order valence-corrected chi connectivity index (χ2v) is 8.16. The smallest absolute Gasteiger partial charge is 0.253 e. The molecule has 0 fully saturated rings. The molecule has 2 atom stereocenters. The number of hydrogen-bond donors (Lipinski definition) is 3. The van der Waals surface area contributed by atoms with Crippen molar-refractivity contribution in [1.82, 2.24) is 15.2 Å². The van der Waals surface area contributed by atoms with Gasteiger partial charge in [-0.15, -0.1) is 0 Å². The summed E-state index contributed by atoms with van der Waals surface area (Å²) in [4.78, 5) is 31.3. The molecule has 3 rings (SSSR count). The quantitative estimate of drug-likeness (QED) is 0.563. The number of fused-ring (bicyclic) bond motifs is 1. The number of nitrogens with zero attached hydrogens (tertiary/aromatic N) is 1. The van der Waals surface area contributed by atoms with E-state index in [0.29, 0.717) is 29.8 Å². The molecule has 1 aliphatic rings. The zero-order valence-electron chi connectivity index (χ0n) is 19.1. The topological polar surface area (TPSA) is 77.2 Å². The molecule has 0 aliphatic carbocycles. The van der Waals surface area contributed by atoms with Gasteiger partial charge in [-0.05, 0) is 62.7 Å². The average Bonchev–Trinajstić information content (AvgIpc) is 3.21. The molecule has 0 bridgehead atoms. The number of carbonyl (C=O) groups is 2. The molecular weight excluding hydrogens is 395 g/mol. The first-order valence-corrected chi connectivity index (χ1v) is 11.1. The van der Waals surface area contributed by atoms with Crippen molar-refractivity contribution in [2.75, 3.05) is 31.5 Å². The summed E-state index contributed by atoms with van der Waals surface area (Å²) in [6, 6.07) is 4.40. The molecule has 0 saturated heterocycles. The maximum atomic E-state index is 13.9. The van der Waals surface area contributed by atoms with Crippen LogP contribution in [-0.4, -0.2) is 47.9 Å². The highest BCUT2D eigenvalue weighted by Gasteiger charge is 2.39. The lowest BCUT2D eigenvalue weighted by Gasteiger charge is -2.21. The number of amides is 2. The van der Waals surface area contributed by atoms with Gasteiger partial charge in [0, 0.05) is 36.1 Å². The Morgan fingerprint density at radius 3 is 2.58 bits per heavy atom. The summed E-state index contributed by atoms with van der Waals surface area (Å²) in [5.41, 5.74) is 4.46. The van der Waals surface area contributed by atoms with Gasteiger partial charge < -0.3 is 20.5 Å². The van der Waals surface area contributed by atoms with E-state index >= 15 is 0 Å². The fraction of sp³-hybridized carbons (Fsp3) is 0.500. The number of hydrogen-bond acceptors (Lipinski definition) is 3. The Morgan fingerprint density at radius 1 is 1.23 bits per heavy atom. The fourth-order valence-electron chi connectivity index (χ4n) is 4.70. The number of aromatic nitrogens is 1. The summed E-state index contributed by atoms with van der Waals surface area (Å²) in [6.07, 6.45) is 0.678. The molecule has 1 aromatic heterocycles. The Kier molecular flexibility index (Phi) is 7.15. The van der Waals surface area contributed by atoms with Crippen molar-refractivity contribution in [2.45, 2.75) is 52.9 Å². The molecule has 0 spiro atoms. The van der Waals surface area contributed by atoms with Crippen molar-refractivity contribution in [3.8, 4) is 0 Å². The van der Waals surface area contributed by atoms with Gasteiger partial charge in [-0.3, -0.25) is 9.59 Å². The predicted octanol–water partition coefficient (Wildman–Crippen LogP) is 4.07. The first-order chi connectivity index (χ1) is 14.8. The van der Waals surface area contributed by atoms with Gasteiger partial charge >= 0.3 is 0 Å². The van der Waals surface area contributed by atoms with Crippen molar-refractivity contribution in [3.05, 3.63) is 52.1 Å². The third-order valence-electron chi connectivity index (χ3n) is 6.41. The molecule has 2 heterocycles. The first-order valence-electron chi connectivity index (χ1n) is 11.1. The van der Waals surface area contributed by atoms with Crippen LogP contribution >= 0.6 is 0 Å². The van der Waals surface area contributed by atoms with E-state index in [1.807, 2.05) is 20.8 Å². The van der Waals surface area contributed by atoms with E-state index in [0.717, 1.165) is 36.6 Å². The lowest BCUT2D eigenvalue weighted by Crippen LogP contribution is -2.35. The number of aromatic amines is 1. The van der Waals surface area contributed by atoms with E-state index in [1.165, 1.54) is 12.1 Å². The molecular formula is C24H33FN4O2. The van der Waals surface area contributed by atoms with E-state index in [4.69, 9.17) is 0 Å². The molecule has 2 aromatic rings. The molecule has 6 nitrogen and oxygen atoms in total. The van der Waals surface area contributed by atoms with Crippen LogP contribution < -0.4 is 10.6 Å². The monoisotopic (exact) mass is 428 g/mol. The number of rotatable bonds is 9. The van der Waals surface area contributed by atoms with Crippen molar-refractivity contribution < 1.29 is 14.0 Å².